The first-order valence-electron chi connectivity index (χ1n) is 6.02. The molecule has 0 spiro atoms. The highest BCUT2D eigenvalue weighted by atomic mass is 16.7. The Morgan fingerprint density at radius 1 is 1.20 bits per heavy atom. The van der Waals surface area contributed by atoms with Crippen LogP contribution >= 0.6 is 0 Å². The van der Waals surface area contributed by atoms with Crippen molar-refractivity contribution in [3.05, 3.63) is 34.9 Å². The zero-order chi connectivity index (χ0) is 15.1. The minimum atomic E-state index is -1.06. The number of carbonyl (C=O) groups is 2. The van der Waals surface area contributed by atoms with Gasteiger partial charge >= 0.3 is 11.9 Å². The first-order valence-corrected chi connectivity index (χ1v) is 6.02. The maximum Gasteiger partial charge on any atom is 0.335 e. The SMILES string of the molecule is COC(=O)CCc1ccc(C(OC)OC)cc1C(=O)O. The van der Waals surface area contributed by atoms with E-state index in [1.807, 2.05) is 0 Å². The molecule has 1 rings (SSSR count). The fraction of sp³-hybridized carbons (Fsp3) is 0.429. The highest BCUT2D eigenvalue weighted by Gasteiger charge is 2.16. The third-order valence-corrected chi connectivity index (χ3v) is 2.89. The number of rotatable bonds is 7. The van der Waals surface area contributed by atoms with Gasteiger partial charge in [0.15, 0.2) is 6.29 Å². The number of ether oxygens (including phenoxy) is 3. The van der Waals surface area contributed by atoms with Crippen molar-refractivity contribution in [2.75, 3.05) is 21.3 Å². The van der Waals surface area contributed by atoms with Gasteiger partial charge in [-0.1, -0.05) is 12.1 Å². The minimum Gasteiger partial charge on any atom is -0.478 e. The number of aromatic carboxylic acids is 1. The average molecular weight is 282 g/mol. The molecule has 20 heavy (non-hydrogen) atoms. The number of esters is 1. The van der Waals surface area contributed by atoms with Crippen LogP contribution in [0.3, 0.4) is 0 Å². The van der Waals surface area contributed by atoms with Crippen LogP contribution in [-0.2, 0) is 25.4 Å². The molecule has 0 atom stereocenters. The standard InChI is InChI=1S/C14H18O6/c1-18-12(15)7-6-9-4-5-10(14(19-2)20-3)8-11(9)13(16)17/h4-5,8,14H,6-7H2,1-3H3,(H,16,17). The summed E-state index contributed by atoms with van der Waals surface area (Å²) in [4.78, 5) is 22.4. The van der Waals surface area contributed by atoms with Crippen molar-refractivity contribution in [1.29, 1.82) is 0 Å². The number of benzene rings is 1. The maximum absolute atomic E-state index is 11.3. The van der Waals surface area contributed by atoms with Crippen LogP contribution in [0, 0.1) is 0 Å². The highest BCUT2D eigenvalue weighted by molar-refractivity contribution is 5.89. The van der Waals surface area contributed by atoms with Gasteiger partial charge in [-0.05, 0) is 18.1 Å². The summed E-state index contributed by atoms with van der Waals surface area (Å²) in [5, 5.41) is 9.24. The summed E-state index contributed by atoms with van der Waals surface area (Å²) in [5.74, 6) is -1.44. The summed E-state index contributed by atoms with van der Waals surface area (Å²) in [6.07, 6.45) is -0.185. The van der Waals surface area contributed by atoms with E-state index in [1.165, 1.54) is 27.4 Å². The molecule has 6 nitrogen and oxygen atoms in total. The molecule has 0 bridgehead atoms. The molecule has 0 aliphatic carbocycles. The van der Waals surface area contributed by atoms with Crippen LogP contribution in [0.25, 0.3) is 0 Å². The Kier molecular flexibility index (Phi) is 6.14. The van der Waals surface area contributed by atoms with Crippen LogP contribution < -0.4 is 0 Å². The topological polar surface area (TPSA) is 82.1 Å². The van der Waals surface area contributed by atoms with Crippen molar-refractivity contribution in [1.82, 2.24) is 0 Å². The van der Waals surface area contributed by atoms with E-state index in [0.29, 0.717) is 17.5 Å². The van der Waals surface area contributed by atoms with Gasteiger partial charge in [0.1, 0.15) is 0 Å². The van der Waals surface area contributed by atoms with Gasteiger partial charge in [-0.3, -0.25) is 4.79 Å². The van der Waals surface area contributed by atoms with Crippen LogP contribution in [0.2, 0.25) is 0 Å². The van der Waals surface area contributed by atoms with Gasteiger partial charge in [0.05, 0.1) is 12.7 Å². The number of carboxylic acid groups (broad SMARTS) is 1. The molecule has 1 N–H and O–H groups in total. The summed E-state index contributed by atoms with van der Waals surface area (Å²) in [7, 11) is 4.24. The second kappa shape index (κ2) is 7.62. The molecule has 1 aromatic carbocycles. The number of aryl methyl sites for hydroxylation is 1. The molecule has 0 aliphatic rings. The van der Waals surface area contributed by atoms with E-state index in [4.69, 9.17) is 9.47 Å². The van der Waals surface area contributed by atoms with Gasteiger partial charge in [-0.25, -0.2) is 4.79 Å². The molecule has 0 fully saturated rings. The van der Waals surface area contributed by atoms with Gasteiger partial charge in [0, 0.05) is 26.2 Å². The molecule has 0 saturated heterocycles. The predicted molar refractivity (Wildman–Crippen MR) is 70.5 cm³/mol. The van der Waals surface area contributed by atoms with E-state index in [2.05, 4.69) is 4.74 Å². The lowest BCUT2D eigenvalue weighted by Crippen LogP contribution is -2.10. The van der Waals surface area contributed by atoms with E-state index in [-0.39, 0.29) is 18.0 Å². The van der Waals surface area contributed by atoms with Crippen molar-refractivity contribution in [2.24, 2.45) is 0 Å². The third kappa shape index (κ3) is 4.04. The summed E-state index contributed by atoms with van der Waals surface area (Å²) in [6.45, 7) is 0. The Balaban J connectivity index is 3.01. The third-order valence-electron chi connectivity index (χ3n) is 2.89. The van der Waals surface area contributed by atoms with E-state index in [1.54, 1.807) is 12.1 Å². The largest absolute Gasteiger partial charge is 0.478 e. The smallest absolute Gasteiger partial charge is 0.335 e. The summed E-state index contributed by atoms with van der Waals surface area (Å²) < 4.78 is 14.7. The molecule has 6 heteroatoms. The maximum atomic E-state index is 11.3. The molecule has 0 unspecified atom stereocenters. The average Bonchev–Trinajstić information content (AvgIpc) is 2.46. The Morgan fingerprint density at radius 3 is 2.35 bits per heavy atom. The zero-order valence-corrected chi connectivity index (χ0v) is 11.7. The van der Waals surface area contributed by atoms with Crippen molar-refractivity contribution in [3.8, 4) is 0 Å². The van der Waals surface area contributed by atoms with Crippen molar-refractivity contribution < 1.29 is 28.9 Å². The molecule has 0 aliphatic heterocycles. The molecule has 110 valence electrons. The van der Waals surface area contributed by atoms with Gasteiger partial charge in [0.2, 0.25) is 0 Å². The zero-order valence-electron chi connectivity index (χ0n) is 11.7. The molecular formula is C14H18O6. The van der Waals surface area contributed by atoms with Crippen molar-refractivity contribution in [3.63, 3.8) is 0 Å². The lowest BCUT2D eigenvalue weighted by atomic mass is 10.00. The number of carboxylic acids is 1. The van der Waals surface area contributed by atoms with Crippen LogP contribution in [0.5, 0.6) is 0 Å². The molecule has 0 saturated carbocycles. The second-order valence-electron chi connectivity index (χ2n) is 4.10. The first kappa shape index (κ1) is 16.1. The van der Waals surface area contributed by atoms with Gasteiger partial charge < -0.3 is 19.3 Å². The van der Waals surface area contributed by atoms with E-state index in [0.717, 1.165) is 0 Å². The van der Waals surface area contributed by atoms with Gasteiger partial charge in [-0.2, -0.15) is 0 Å². The minimum absolute atomic E-state index is 0.130. The summed E-state index contributed by atoms with van der Waals surface area (Å²) in [5.41, 5.74) is 1.30. The van der Waals surface area contributed by atoms with Gasteiger partial charge in [0.25, 0.3) is 0 Å². The monoisotopic (exact) mass is 282 g/mol. The normalized spacial score (nSPS) is 10.6. The highest BCUT2D eigenvalue weighted by Crippen LogP contribution is 2.22. The van der Waals surface area contributed by atoms with Crippen LogP contribution in [-0.4, -0.2) is 38.4 Å². The molecule has 0 radical (unpaired) electrons. The van der Waals surface area contributed by atoms with E-state index >= 15 is 0 Å². The molecule has 0 aromatic heterocycles. The number of hydrogen-bond donors (Lipinski definition) is 1. The van der Waals surface area contributed by atoms with Crippen molar-refractivity contribution in [2.45, 2.75) is 19.1 Å². The Morgan fingerprint density at radius 2 is 1.85 bits per heavy atom. The lowest BCUT2D eigenvalue weighted by Gasteiger charge is -2.15. The fourth-order valence-electron chi connectivity index (χ4n) is 1.86. The summed E-state index contributed by atoms with van der Waals surface area (Å²) in [6, 6.07) is 4.87. The molecule has 0 amide bonds. The first-order chi connectivity index (χ1) is 9.53. The number of methoxy groups -OCH3 is 3. The van der Waals surface area contributed by atoms with Gasteiger partial charge in [-0.15, -0.1) is 0 Å². The second-order valence-corrected chi connectivity index (χ2v) is 4.10. The number of carbonyl (C=O) groups excluding carboxylic acids is 1. The summed E-state index contributed by atoms with van der Waals surface area (Å²) >= 11 is 0. The van der Waals surface area contributed by atoms with Crippen LogP contribution in [0.1, 0.15) is 34.2 Å². The van der Waals surface area contributed by atoms with Crippen molar-refractivity contribution >= 4 is 11.9 Å². The Bertz CT molecular complexity index is 479. The quantitative estimate of drug-likeness (QED) is 0.606. The molecule has 1 aromatic rings. The Hall–Kier alpha value is -1.92. The van der Waals surface area contributed by atoms with Crippen LogP contribution in [0.4, 0.5) is 0 Å². The Labute approximate surface area is 117 Å². The molecular weight excluding hydrogens is 264 g/mol. The van der Waals surface area contributed by atoms with E-state index < -0.39 is 12.3 Å². The molecule has 0 heterocycles. The van der Waals surface area contributed by atoms with E-state index in [9.17, 15) is 14.7 Å². The van der Waals surface area contributed by atoms with Crippen LogP contribution in [0.15, 0.2) is 18.2 Å². The fourth-order valence-corrected chi connectivity index (χ4v) is 1.86. The lowest BCUT2D eigenvalue weighted by molar-refractivity contribution is -0.140. The predicted octanol–water partition coefficient (Wildman–Crippen LogP) is 1.78. The number of hydrogen-bond acceptors (Lipinski definition) is 5.